The van der Waals surface area contributed by atoms with Gasteiger partial charge < -0.3 is 10.2 Å². The molecule has 0 unspecified atom stereocenters. The van der Waals surface area contributed by atoms with E-state index >= 15 is 0 Å². The SMILES string of the molecule is Cc1csc(-c2nc3ncccc3o2)c1N. The zero-order chi connectivity index (χ0) is 11.1. The Morgan fingerprint density at radius 1 is 1.44 bits per heavy atom. The molecule has 0 atom stereocenters. The van der Waals surface area contributed by atoms with Crippen LogP contribution in [-0.4, -0.2) is 9.97 Å². The first-order valence-electron chi connectivity index (χ1n) is 4.81. The standard InChI is InChI=1S/C11H9N3OS/c1-6-5-16-9(8(6)12)11-14-10-7(15-11)3-2-4-13-10/h2-5H,12H2,1H3. The maximum Gasteiger partial charge on any atom is 0.241 e. The Labute approximate surface area is 95.7 Å². The van der Waals surface area contributed by atoms with Gasteiger partial charge in [-0.05, 0) is 30.0 Å². The van der Waals surface area contributed by atoms with Crippen molar-refractivity contribution in [3.63, 3.8) is 0 Å². The van der Waals surface area contributed by atoms with Crippen LogP contribution in [0.5, 0.6) is 0 Å². The Balaban J connectivity index is 2.23. The van der Waals surface area contributed by atoms with Crippen molar-refractivity contribution in [2.75, 3.05) is 5.73 Å². The Hall–Kier alpha value is -1.88. The first kappa shape index (κ1) is 9.35. The zero-order valence-corrected chi connectivity index (χ0v) is 9.41. The molecule has 0 radical (unpaired) electrons. The maximum absolute atomic E-state index is 5.95. The van der Waals surface area contributed by atoms with Gasteiger partial charge >= 0.3 is 0 Å². The van der Waals surface area contributed by atoms with E-state index in [0.717, 1.165) is 16.1 Å². The van der Waals surface area contributed by atoms with E-state index < -0.39 is 0 Å². The van der Waals surface area contributed by atoms with Crippen LogP contribution in [0.15, 0.2) is 28.1 Å². The van der Waals surface area contributed by atoms with E-state index in [1.807, 2.05) is 24.4 Å². The third-order valence-electron chi connectivity index (χ3n) is 2.38. The zero-order valence-electron chi connectivity index (χ0n) is 8.60. The van der Waals surface area contributed by atoms with Crippen molar-refractivity contribution in [1.82, 2.24) is 9.97 Å². The summed E-state index contributed by atoms with van der Waals surface area (Å²) in [6.45, 7) is 1.97. The molecule has 3 rings (SSSR count). The van der Waals surface area contributed by atoms with Crippen LogP contribution in [0.3, 0.4) is 0 Å². The number of oxazole rings is 1. The Morgan fingerprint density at radius 3 is 3.00 bits per heavy atom. The first-order valence-corrected chi connectivity index (χ1v) is 5.69. The van der Waals surface area contributed by atoms with E-state index in [4.69, 9.17) is 10.2 Å². The summed E-state index contributed by atoms with van der Waals surface area (Å²) < 4.78 is 5.61. The number of nitrogen functional groups attached to an aromatic ring is 1. The fourth-order valence-corrected chi connectivity index (χ4v) is 2.38. The number of aromatic nitrogens is 2. The second kappa shape index (κ2) is 3.31. The minimum atomic E-state index is 0.546. The highest BCUT2D eigenvalue weighted by atomic mass is 32.1. The molecule has 0 bridgehead atoms. The van der Waals surface area contributed by atoms with Crippen LogP contribution in [0.4, 0.5) is 5.69 Å². The summed E-state index contributed by atoms with van der Waals surface area (Å²) in [5, 5.41) is 1.99. The number of rotatable bonds is 1. The number of hydrogen-bond acceptors (Lipinski definition) is 5. The van der Waals surface area contributed by atoms with Crippen molar-refractivity contribution < 1.29 is 4.42 Å². The van der Waals surface area contributed by atoms with Gasteiger partial charge in [0.05, 0.1) is 5.69 Å². The molecule has 0 aliphatic rings. The number of fused-ring (bicyclic) bond motifs is 1. The summed E-state index contributed by atoms with van der Waals surface area (Å²) in [5.74, 6) is 0.546. The number of nitrogens with two attached hydrogens (primary N) is 1. The van der Waals surface area contributed by atoms with E-state index in [2.05, 4.69) is 9.97 Å². The van der Waals surface area contributed by atoms with Gasteiger partial charge in [0.1, 0.15) is 4.88 Å². The lowest BCUT2D eigenvalue weighted by Crippen LogP contribution is -1.86. The molecule has 0 saturated heterocycles. The van der Waals surface area contributed by atoms with Gasteiger partial charge in [-0.25, -0.2) is 4.98 Å². The molecule has 5 heteroatoms. The summed E-state index contributed by atoms with van der Waals surface area (Å²) >= 11 is 1.54. The van der Waals surface area contributed by atoms with E-state index in [0.29, 0.717) is 17.1 Å². The number of pyridine rings is 1. The fraction of sp³-hybridized carbons (Fsp3) is 0.0909. The highest BCUT2D eigenvalue weighted by Gasteiger charge is 2.14. The lowest BCUT2D eigenvalue weighted by Gasteiger charge is -1.92. The van der Waals surface area contributed by atoms with Crippen molar-refractivity contribution in [3.05, 3.63) is 29.3 Å². The van der Waals surface area contributed by atoms with Crippen LogP contribution < -0.4 is 5.73 Å². The Morgan fingerprint density at radius 2 is 2.31 bits per heavy atom. The van der Waals surface area contributed by atoms with Crippen molar-refractivity contribution in [2.24, 2.45) is 0 Å². The van der Waals surface area contributed by atoms with Gasteiger partial charge in [-0.3, -0.25) is 0 Å². The summed E-state index contributed by atoms with van der Waals surface area (Å²) in [6.07, 6.45) is 1.69. The number of nitrogens with zero attached hydrogens (tertiary/aromatic N) is 2. The number of thiophene rings is 1. The van der Waals surface area contributed by atoms with Crippen LogP contribution in [0.2, 0.25) is 0 Å². The van der Waals surface area contributed by atoms with E-state index in [1.54, 1.807) is 6.20 Å². The lowest BCUT2D eigenvalue weighted by atomic mass is 10.3. The van der Waals surface area contributed by atoms with Crippen molar-refractivity contribution in [1.29, 1.82) is 0 Å². The van der Waals surface area contributed by atoms with Crippen molar-refractivity contribution >= 4 is 28.3 Å². The quantitative estimate of drug-likeness (QED) is 0.699. The van der Waals surface area contributed by atoms with Gasteiger partial charge in [0.2, 0.25) is 5.89 Å². The molecule has 3 aromatic rings. The van der Waals surface area contributed by atoms with E-state index in [1.165, 1.54) is 11.3 Å². The van der Waals surface area contributed by atoms with Crippen LogP contribution >= 0.6 is 11.3 Å². The minimum Gasteiger partial charge on any atom is -0.433 e. The van der Waals surface area contributed by atoms with Gasteiger partial charge in [-0.1, -0.05) is 0 Å². The monoisotopic (exact) mass is 231 g/mol. The molecule has 4 nitrogen and oxygen atoms in total. The molecule has 0 fully saturated rings. The first-order chi connectivity index (χ1) is 7.75. The molecule has 0 saturated carbocycles. The summed E-state index contributed by atoms with van der Waals surface area (Å²) in [5.41, 5.74) is 9.03. The second-order valence-electron chi connectivity index (χ2n) is 3.51. The average molecular weight is 231 g/mol. The van der Waals surface area contributed by atoms with Crippen LogP contribution in [-0.2, 0) is 0 Å². The summed E-state index contributed by atoms with van der Waals surface area (Å²) in [6, 6.07) is 3.66. The molecule has 16 heavy (non-hydrogen) atoms. The number of anilines is 1. The van der Waals surface area contributed by atoms with Crippen molar-refractivity contribution in [2.45, 2.75) is 6.92 Å². The lowest BCUT2D eigenvalue weighted by molar-refractivity contribution is 0.622. The molecule has 2 N–H and O–H groups in total. The third kappa shape index (κ3) is 1.29. The smallest absolute Gasteiger partial charge is 0.241 e. The Kier molecular flexibility index (Phi) is 1.94. The predicted molar refractivity (Wildman–Crippen MR) is 64.3 cm³/mol. The maximum atomic E-state index is 5.95. The molecular weight excluding hydrogens is 222 g/mol. The summed E-state index contributed by atoms with van der Waals surface area (Å²) in [7, 11) is 0. The second-order valence-corrected chi connectivity index (χ2v) is 4.39. The van der Waals surface area contributed by atoms with Gasteiger partial charge in [0.25, 0.3) is 0 Å². The molecule has 80 valence electrons. The van der Waals surface area contributed by atoms with Gasteiger partial charge in [-0.15, -0.1) is 11.3 Å². The average Bonchev–Trinajstić information content (AvgIpc) is 2.84. The minimum absolute atomic E-state index is 0.546. The molecule has 0 amide bonds. The predicted octanol–water partition coefficient (Wildman–Crippen LogP) is 2.84. The van der Waals surface area contributed by atoms with Gasteiger partial charge in [0, 0.05) is 6.20 Å². The normalized spacial score (nSPS) is 11.1. The largest absolute Gasteiger partial charge is 0.433 e. The fourth-order valence-electron chi connectivity index (χ4n) is 1.49. The molecule has 0 aliphatic carbocycles. The molecule has 0 aliphatic heterocycles. The molecule has 0 spiro atoms. The highest BCUT2D eigenvalue weighted by Crippen LogP contribution is 2.35. The highest BCUT2D eigenvalue weighted by molar-refractivity contribution is 7.14. The van der Waals surface area contributed by atoms with Crippen LogP contribution in [0.1, 0.15) is 5.56 Å². The van der Waals surface area contributed by atoms with E-state index in [-0.39, 0.29) is 0 Å². The van der Waals surface area contributed by atoms with Crippen LogP contribution in [0, 0.1) is 6.92 Å². The molecule has 3 aromatic heterocycles. The number of hydrogen-bond donors (Lipinski definition) is 1. The third-order valence-corrected chi connectivity index (χ3v) is 3.48. The van der Waals surface area contributed by atoms with E-state index in [9.17, 15) is 0 Å². The van der Waals surface area contributed by atoms with Gasteiger partial charge in [-0.2, -0.15) is 4.98 Å². The summed E-state index contributed by atoms with van der Waals surface area (Å²) in [4.78, 5) is 9.30. The molecule has 3 heterocycles. The molecular formula is C11H9N3OS. The topological polar surface area (TPSA) is 64.9 Å². The van der Waals surface area contributed by atoms with Crippen molar-refractivity contribution in [3.8, 4) is 10.8 Å². The number of aryl methyl sites for hydroxylation is 1. The van der Waals surface area contributed by atoms with Gasteiger partial charge in [0.15, 0.2) is 11.2 Å². The van der Waals surface area contributed by atoms with Crippen LogP contribution in [0.25, 0.3) is 22.0 Å². The Bertz CT molecular complexity index is 623. The molecule has 0 aromatic carbocycles.